The summed E-state index contributed by atoms with van der Waals surface area (Å²) in [5, 5.41) is 9.22. The highest BCUT2D eigenvalue weighted by Crippen LogP contribution is 2.24. The van der Waals surface area contributed by atoms with E-state index in [0.29, 0.717) is 10.0 Å². The smallest absolute Gasteiger partial charge is 0.123 e. The maximum atomic E-state index is 12.8. The Labute approximate surface area is 96.8 Å². The van der Waals surface area contributed by atoms with Crippen molar-refractivity contribution in [2.75, 3.05) is 0 Å². The molecule has 80 valence electrons. The SMILES string of the molecule is C[C@H](O)[C@H](N)c1cc(F)ccc1Br.Cl. The lowest BCUT2D eigenvalue weighted by atomic mass is 10.0. The number of halogens is 3. The third kappa shape index (κ3) is 3.20. The normalized spacial score (nSPS) is 14.4. The van der Waals surface area contributed by atoms with Crippen molar-refractivity contribution < 1.29 is 9.50 Å². The molecule has 0 saturated heterocycles. The summed E-state index contributed by atoms with van der Waals surface area (Å²) < 4.78 is 13.5. The lowest BCUT2D eigenvalue weighted by Gasteiger charge is -2.16. The molecule has 0 amide bonds. The van der Waals surface area contributed by atoms with E-state index >= 15 is 0 Å². The quantitative estimate of drug-likeness (QED) is 0.876. The first-order chi connectivity index (χ1) is 6.02. The van der Waals surface area contributed by atoms with Crippen LogP contribution in [0.2, 0.25) is 0 Å². The molecule has 14 heavy (non-hydrogen) atoms. The Bertz CT molecular complexity index is 309. The van der Waals surface area contributed by atoms with Gasteiger partial charge in [-0.25, -0.2) is 4.39 Å². The van der Waals surface area contributed by atoms with E-state index in [4.69, 9.17) is 5.73 Å². The van der Waals surface area contributed by atoms with Crippen molar-refractivity contribution in [3.8, 4) is 0 Å². The van der Waals surface area contributed by atoms with Gasteiger partial charge in [-0.3, -0.25) is 0 Å². The van der Waals surface area contributed by atoms with Crippen LogP contribution in [0.5, 0.6) is 0 Å². The van der Waals surface area contributed by atoms with Gasteiger partial charge in [-0.05, 0) is 30.7 Å². The van der Waals surface area contributed by atoms with E-state index in [0.717, 1.165) is 0 Å². The maximum absolute atomic E-state index is 12.8. The third-order valence-electron chi connectivity index (χ3n) is 1.84. The number of hydrogen-bond donors (Lipinski definition) is 2. The monoisotopic (exact) mass is 283 g/mol. The van der Waals surface area contributed by atoms with Gasteiger partial charge in [-0.15, -0.1) is 12.4 Å². The molecular formula is C9H12BrClFNO. The molecule has 1 rings (SSSR count). The van der Waals surface area contributed by atoms with Gasteiger partial charge in [0.05, 0.1) is 12.1 Å². The molecule has 0 heterocycles. The molecule has 1 aromatic rings. The van der Waals surface area contributed by atoms with Crippen LogP contribution >= 0.6 is 28.3 Å². The van der Waals surface area contributed by atoms with Gasteiger partial charge in [0.2, 0.25) is 0 Å². The Hall–Kier alpha value is -0.160. The zero-order valence-electron chi connectivity index (χ0n) is 7.58. The Kier molecular flexibility index (Phi) is 5.59. The minimum atomic E-state index is -0.696. The molecule has 2 atom stereocenters. The van der Waals surface area contributed by atoms with Crippen LogP contribution in [0.3, 0.4) is 0 Å². The lowest BCUT2D eigenvalue weighted by molar-refractivity contribution is 0.164. The van der Waals surface area contributed by atoms with Crippen molar-refractivity contribution in [1.29, 1.82) is 0 Å². The molecule has 0 radical (unpaired) electrons. The van der Waals surface area contributed by atoms with Crippen LogP contribution in [-0.2, 0) is 0 Å². The van der Waals surface area contributed by atoms with E-state index in [1.165, 1.54) is 12.1 Å². The van der Waals surface area contributed by atoms with Crippen molar-refractivity contribution >= 4 is 28.3 Å². The van der Waals surface area contributed by atoms with E-state index in [2.05, 4.69) is 15.9 Å². The predicted molar refractivity (Wildman–Crippen MR) is 60.0 cm³/mol. The van der Waals surface area contributed by atoms with Gasteiger partial charge in [-0.2, -0.15) is 0 Å². The first-order valence-electron chi connectivity index (χ1n) is 3.91. The highest BCUT2D eigenvalue weighted by Gasteiger charge is 2.15. The number of aliphatic hydroxyl groups excluding tert-OH is 1. The molecule has 3 N–H and O–H groups in total. The molecule has 0 unspecified atom stereocenters. The minimum absolute atomic E-state index is 0. The summed E-state index contributed by atoms with van der Waals surface area (Å²) in [5.74, 6) is -0.352. The first-order valence-corrected chi connectivity index (χ1v) is 4.70. The van der Waals surface area contributed by atoms with Crippen molar-refractivity contribution in [3.63, 3.8) is 0 Å². The second-order valence-electron chi connectivity index (χ2n) is 2.93. The van der Waals surface area contributed by atoms with Crippen LogP contribution in [0.15, 0.2) is 22.7 Å². The number of hydrogen-bond acceptors (Lipinski definition) is 2. The third-order valence-corrected chi connectivity index (χ3v) is 2.56. The molecule has 0 aliphatic rings. The van der Waals surface area contributed by atoms with E-state index in [1.54, 1.807) is 13.0 Å². The maximum Gasteiger partial charge on any atom is 0.123 e. The highest BCUT2D eigenvalue weighted by atomic mass is 79.9. The van der Waals surface area contributed by atoms with Gasteiger partial charge in [0.15, 0.2) is 0 Å². The van der Waals surface area contributed by atoms with Crippen LogP contribution in [0, 0.1) is 5.82 Å². The van der Waals surface area contributed by atoms with Gasteiger partial charge in [0.25, 0.3) is 0 Å². The molecule has 0 aliphatic carbocycles. The van der Waals surface area contributed by atoms with Gasteiger partial charge in [0, 0.05) is 4.47 Å². The molecular weight excluding hydrogens is 272 g/mol. The van der Waals surface area contributed by atoms with E-state index < -0.39 is 12.1 Å². The molecule has 5 heteroatoms. The van der Waals surface area contributed by atoms with Crippen LogP contribution in [-0.4, -0.2) is 11.2 Å². The number of aliphatic hydroxyl groups is 1. The molecule has 0 fully saturated rings. The second-order valence-corrected chi connectivity index (χ2v) is 3.79. The van der Waals surface area contributed by atoms with Gasteiger partial charge < -0.3 is 10.8 Å². The Morgan fingerprint density at radius 2 is 2.07 bits per heavy atom. The van der Waals surface area contributed by atoms with Crippen LogP contribution < -0.4 is 5.73 Å². The summed E-state index contributed by atoms with van der Waals surface area (Å²) in [4.78, 5) is 0. The zero-order valence-corrected chi connectivity index (χ0v) is 9.98. The fourth-order valence-electron chi connectivity index (χ4n) is 1.03. The van der Waals surface area contributed by atoms with Crippen LogP contribution in [0.1, 0.15) is 18.5 Å². The fourth-order valence-corrected chi connectivity index (χ4v) is 1.54. The number of nitrogens with two attached hydrogens (primary N) is 1. The Morgan fingerprint density at radius 1 is 1.50 bits per heavy atom. The molecule has 2 nitrogen and oxygen atoms in total. The minimum Gasteiger partial charge on any atom is -0.391 e. The Balaban J connectivity index is 0.00000169. The highest BCUT2D eigenvalue weighted by molar-refractivity contribution is 9.10. The Morgan fingerprint density at radius 3 is 2.57 bits per heavy atom. The standard InChI is InChI=1S/C9H11BrFNO.ClH/c1-5(13)9(12)7-4-6(11)2-3-8(7)10;/h2-5,9,13H,12H2,1H3;1H/t5-,9-;/m0./s1. The zero-order chi connectivity index (χ0) is 10.0. The molecule has 1 aromatic carbocycles. The lowest BCUT2D eigenvalue weighted by Crippen LogP contribution is -2.23. The topological polar surface area (TPSA) is 46.2 Å². The number of benzene rings is 1. The molecule has 0 spiro atoms. The number of rotatable bonds is 2. The van der Waals surface area contributed by atoms with Gasteiger partial charge in [-0.1, -0.05) is 15.9 Å². The molecule has 0 aromatic heterocycles. The molecule has 0 aliphatic heterocycles. The first kappa shape index (κ1) is 13.8. The summed E-state index contributed by atoms with van der Waals surface area (Å²) in [6, 6.07) is 3.67. The van der Waals surface area contributed by atoms with E-state index in [-0.39, 0.29) is 18.2 Å². The van der Waals surface area contributed by atoms with Gasteiger partial charge >= 0.3 is 0 Å². The van der Waals surface area contributed by atoms with Crippen LogP contribution in [0.4, 0.5) is 4.39 Å². The largest absolute Gasteiger partial charge is 0.391 e. The van der Waals surface area contributed by atoms with Crippen molar-refractivity contribution in [3.05, 3.63) is 34.1 Å². The summed E-state index contributed by atoms with van der Waals surface area (Å²) in [7, 11) is 0. The van der Waals surface area contributed by atoms with E-state index in [1.807, 2.05) is 0 Å². The summed E-state index contributed by atoms with van der Waals surface area (Å²) in [5.41, 5.74) is 6.24. The average Bonchev–Trinajstić information content (AvgIpc) is 2.08. The summed E-state index contributed by atoms with van der Waals surface area (Å²) in [6.45, 7) is 1.57. The van der Waals surface area contributed by atoms with E-state index in [9.17, 15) is 9.50 Å². The van der Waals surface area contributed by atoms with Crippen molar-refractivity contribution in [2.45, 2.75) is 19.1 Å². The summed E-state index contributed by atoms with van der Waals surface area (Å²) >= 11 is 3.24. The average molecular weight is 285 g/mol. The fraction of sp³-hybridized carbons (Fsp3) is 0.333. The summed E-state index contributed by atoms with van der Waals surface area (Å²) in [6.07, 6.45) is -0.696. The molecule has 0 bridgehead atoms. The van der Waals surface area contributed by atoms with Crippen molar-refractivity contribution in [1.82, 2.24) is 0 Å². The van der Waals surface area contributed by atoms with Crippen molar-refractivity contribution in [2.24, 2.45) is 5.73 Å². The molecule has 0 saturated carbocycles. The second kappa shape index (κ2) is 5.66. The van der Waals surface area contributed by atoms with Gasteiger partial charge in [0.1, 0.15) is 5.82 Å². The van der Waals surface area contributed by atoms with Crippen LogP contribution in [0.25, 0.3) is 0 Å². The predicted octanol–water partition coefficient (Wildman–Crippen LogP) is 2.39.